The molecule has 3 amide bonds. The quantitative estimate of drug-likeness (QED) is 0.641. The van der Waals surface area contributed by atoms with Gasteiger partial charge in [0.15, 0.2) is 5.58 Å². The highest BCUT2D eigenvalue weighted by Gasteiger charge is 2.53. The van der Waals surface area contributed by atoms with Gasteiger partial charge in [-0.1, -0.05) is 6.07 Å². The van der Waals surface area contributed by atoms with Gasteiger partial charge < -0.3 is 14.1 Å². The molecule has 3 aromatic rings. The number of imide groups is 1. The van der Waals surface area contributed by atoms with Crippen LogP contribution in [0.15, 0.2) is 40.8 Å². The van der Waals surface area contributed by atoms with Gasteiger partial charge in [-0.3, -0.25) is 19.7 Å². The highest BCUT2D eigenvalue weighted by molar-refractivity contribution is 6.10. The molecular formula is C22H16N4O5. The summed E-state index contributed by atoms with van der Waals surface area (Å²) in [6, 6.07) is 11.9. The Labute approximate surface area is 176 Å². The molecule has 0 bridgehead atoms. The van der Waals surface area contributed by atoms with E-state index in [1.54, 1.807) is 24.3 Å². The van der Waals surface area contributed by atoms with Crippen LogP contribution in [0.5, 0.6) is 5.75 Å². The number of aromatic nitrogens is 1. The molecule has 1 N–H and O–H groups in total. The molecule has 9 heteroatoms. The first-order chi connectivity index (χ1) is 14.9. The van der Waals surface area contributed by atoms with Crippen molar-refractivity contribution in [3.8, 4) is 11.8 Å². The zero-order valence-corrected chi connectivity index (χ0v) is 16.5. The first kappa shape index (κ1) is 18.8. The normalized spacial score (nSPS) is 20.1. The molecular weight excluding hydrogens is 400 g/mol. The van der Waals surface area contributed by atoms with Crippen LogP contribution in [-0.2, 0) is 21.5 Å². The monoisotopic (exact) mass is 416 g/mol. The summed E-state index contributed by atoms with van der Waals surface area (Å²) < 4.78 is 11.1. The molecule has 1 aromatic carbocycles. The number of rotatable bonds is 4. The van der Waals surface area contributed by atoms with Crippen molar-refractivity contribution in [3.05, 3.63) is 59.0 Å². The Bertz CT molecular complexity index is 1320. The van der Waals surface area contributed by atoms with Crippen molar-refractivity contribution in [2.45, 2.75) is 18.4 Å². The fourth-order valence-electron chi connectivity index (χ4n) is 4.19. The van der Waals surface area contributed by atoms with Crippen LogP contribution in [0.4, 0.5) is 0 Å². The second kappa shape index (κ2) is 6.67. The lowest BCUT2D eigenvalue weighted by Gasteiger charge is -2.28. The molecule has 0 unspecified atom stereocenters. The molecule has 1 saturated heterocycles. The number of nitriles is 1. The lowest BCUT2D eigenvalue weighted by Crippen LogP contribution is -2.46. The molecule has 1 fully saturated rings. The molecule has 0 radical (unpaired) electrons. The lowest BCUT2D eigenvalue weighted by atomic mass is 9.82. The zero-order chi connectivity index (χ0) is 21.8. The fraction of sp³-hybridized carbons (Fsp3) is 0.227. The first-order valence-electron chi connectivity index (χ1n) is 9.55. The Morgan fingerprint density at radius 2 is 2.10 bits per heavy atom. The fourth-order valence-corrected chi connectivity index (χ4v) is 4.19. The van der Waals surface area contributed by atoms with Crippen LogP contribution in [0.2, 0.25) is 0 Å². The molecule has 2 aromatic heterocycles. The van der Waals surface area contributed by atoms with E-state index in [2.05, 4.69) is 10.3 Å². The van der Waals surface area contributed by atoms with Crippen molar-refractivity contribution in [2.75, 3.05) is 13.7 Å². The van der Waals surface area contributed by atoms with Crippen molar-refractivity contribution in [3.63, 3.8) is 0 Å². The van der Waals surface area contributed by atoms with Crippen LogP contribution in [0.1, 0.15) is 33.8 Å². The predicted molar refractivity (Wildman–Crippen MR) is 106 cm³/mol. The van der Waals surface area contributed by atoms with Gasteiger partial charge >= 0.3 is 0 Å². The van der Waals surface area contributed by atoms with Gasteiger partial charge in [0, 0.05) is 24.7 Å². The molecule has 2 aliphatic heterocycles. The minimum Gasteiger partial charge on any atom is -0.497 e. The number of carbonyl (C=O) groups excluding carboxylic acids is 3. The highest BCUT2D eigenvalue weighted by Crippen LogP contribution is 2.39. The number of benzene rings is 1. The van der Waals surface area contributed by atoms with Crippen LogP contribution in [0.25, 0.3) is 11.1 Å². The maximum absolute atomic E-state index is 13.0. The molecule has 0 spiro atoms. The number of ether oxygens (including phenoxy) is 1. The third-order valence-electron chi connectivity index (χ3n) is 5.77. The van der Waals surface area contributed by atoms with E-state index in [-0.39, 0.29) is 30.3 Å². The van der Waals surface area contributed by atoms with Crippen molar-refractivity contribution in [2.24, 2.45) is 0 Å². The summed E-state index contributed by atoms with van der Waals surface area (Å²) in [6.45, 7) is 0.268. The Kier molecular flexibility index (Phi) is 4.05. The second-order valence-corrected chi connectivity index (χ2v) is 7.62. The van der Waals surface area contributed by atoms with Gasteiger partial charge in [0.1, 0.15) is 34.2 Å². The van der Waals surface area contributed by atoms with Gasteiger partial charge in [0.25, 0.3) is 5.91 Å². The molecule has 4 heterocycles. The number of hydrogen-bond acceptors (Lipinski definition) is 7. The van der Waals surface area contributed by atoms with E-state index in [9.17, 15) is 14.4 Å². The van der Waals surface area contributed by atoms with Crippen molar-refractivity contribution >= 4 is 28.8 Å². The number of amides is 3. The van der Waals surface area contributed by atoms with E-state index in [0.717, 1.165) is 5.56 Å². The number of hydrogen-bond donors (Lipinski definition) is 1. The summed E-state index contributed by atoms with van der Waals surface area (Å²) in [5.41, 5.74) is 0.939. The van der Waals surface area contributed by atoms with E-state index in [0.29, 0.717) is 29.0 Å². The van der Waals surface area contributed by atoms with Crippen LogP contribution in [0.3, 0.4) is 0 Å². The second-order valence-electron chi connectivity index (χ2n) is 7.62. The Balaban J connectivity index is 1.55. The summed E-state index contributed by atoms with van der Waals surface area (Å²) >= 11 is 0. The van der Waals surface area contributed by atoms with Gasteiger partial charge in [0.05, 0.1) is 13.5 Å². The number of nitrogens with zero attached hydrogens (tertiary/aromatic N) is 3. The van der Waals surface area contributed by atoms with Gasteiger partial charge in [-0.25, -0.2) is 4.98 Å². The topological polar surface area (TPSA) is 126 Å². The molecule has 2 aliphatic rings. The zero-order valence-electron chi connectivity index (χ0n) is 16.5. The molecule has 1 atom stereocenters. The summed E-state index contributed by atoms with van der Waals surface area (Å²) in [7, 11) is 1.52. The maximum atomic E-state index is 13.0. The number of fused-ring (bicyclic) bond motifs is 2. The molecule has 5 rings (SSSR count). The smallest absolute Gasteiger partial charge is 0.254 e. The third kappa shape index (κ3) is 2.84. The van der Waals surface area contributed by atoms with E-state index in [1.165, 1.54) is 18.1 Å². The van der Waals surface area contributed by atoms with Crippen LogP contribution < -0.4 is 10.1 Å². The van der Waals surface area contributed by atoms with Crippen LogP contribution >= 0.6 is 0 Å². The van der Waals surface area contributed by atoms with Gasteiger partial charge in [-0.05, 0) is 29.8 Å². The number of furan rings is 1. The Morgan fingerprint density at radius 3 is 2.81 bits per heavy atom. The van der Waals surface area contributed by atoms with Crippen LogP contribution in [-0.4, -0.2) is 41.3 Å². The molecule has 9 nitrogen and oxygen atoms in total. The third-order valence-corrected chi connectivity index (χ3v) is 5.77. The first-order valence-corrected chi connectivity index (χ1v) is 9.55. The predicted octanol–water partition coefficient (Wildman–Crippen LogP) is 1.65. The van der Waals surface area contributed by atoms with Crippen molar-refractivity contribution in [1.29, 1.82) is 5.26 Å². The molecule has 0 aliphatic carbocycles. The van der Waals surface area contributed by atoms with E-state index >= 15 is 0 Å². The number of methoxy groups -OCH3 is 1. The maximum Gasteiger partial charge on any atom is 0.254 e. The largest absolute Gasteiger partial charge is 0.497 e. The SMILES string of the molecule is COc1ccc2c(c1)C(=O)N(C[C@@]1(c3cc4nc(C#N)ccc4o3)CC(=O)NC1=O)C2. The van der Waals surface area contributed by atoms with Gasteiger partial charge in [0.2, 0.25) is 11.8 Å². The number of nitrogens with one attached hydrogen (secondary N) is 1. The van der Waals surface area contributed by atoms with Gasteiger partial charge in [-0.15, -0.1) is 0 Å². The standard InChI is InChI=1S/C22H16N4O5/c1-30-14-4-2-12-10-26(20(28)15(12)6-14)11-22(8-19(27)25-21(22)29)18-7-16-17(31-18)5-3-13(9-23)24-16/h2-7H,8,10-11H2,1H3,(H,25,27,29)/t22-/m1/s1. The molecule has 0 saturated carbocycles. The van der Waals surface area contributed by atoms with Crippen molar-refractivity contribution in [1.82, 2.24) is 15.2 Å². The van der Waals surface area contributed by atoms with Crippen molar-refractivity contribution < 1.29 is 23.5 Å². The van der Waals surface area contributed by atoms with E-state index in [1.807, 2.05) is 12.1 Å². The summed E-state index contributed by atoms with van der Waals surface area (Å²) in [4.78, 5) is 43.9. The van der Waals surface area contributed by atoms with E-state index < -0.39 is 17.2 Å². The number of carbonyl (C=O) groups is 3. The summed E-state index contributed by atoms with van der Waals surface area (Å²) in [5.74, 6) is -0.425. The molecule has 31 heavy (non-hydrogen) atoms. The minimum absolute atomic E-state index is 0.0364. The van der Waals surface area contributed by atoms with E-state index in [4.69, 9.17) is 14.4 Å². The average Bonchev–Trinajstić information content (AvgIpc) is 3.41. The number of pyridine rings is 1. The Morgan fingerprint density at radius 1 is 1.26 bits per heavy atom. The Hall–Kier alpha value is -4.19. The summed E-state index contributed by atoms with van der Waals surface area (Å²) in [5, 5.41) is 11.4. The summed E-state index contributed by atoms with van der Waals surface area (Å²) in [6.07, 6.45) is -0.153. The van der Waals surface area contributed by atoms with Gasteiger partial charge in [-0.2, -0.15) is 5.26 Å². The van der Waals surface area contributed by atoms with Crippen LogP contribution in [0, 0.1) is 11.3 Å². The minimum atomic E-state index is -1.38. The average molecular weight is 416 g/mol. The molecule has 154 valence electrons. The highest BCUT2D eigenvalue weighted by atomic mass is 16.5. The lowest BCUT2D eigenvalue weighted by molar-refractivity contribution is -0.126.